The summed E-state index contributed by atoms with van der Waals surface area (Å²) in [5, 5.41) is 14.1. The number of nitrogens with zero attached hydrogens (tertiary/aromatic N) is 2. The lowest BCUT2D eigenvalue weighted by Gasteiger charge is -2.07. The van der Waals surface area contributed by atoms with Crippen LogP contribution in [0, 0.1) is 6.92 Å². The van der Waals surface area contributed by atoms with Crippen molar-refractivity contribution in [2.24, 2.45) is 0 Å². The van der Waals surface area contributed by atoms with Gasteiger partial charge in [-0.2, -0.15) is 5.10 Å². The van der Waals surface area contributed by atoms with Crippen LogP contribution in [-0.4, -0.2) is 34.9 Å². The molecule has 0 fully saturated rings. The first-order valence-electron chi connectivity index (χ1n) is 6.95. The van der Waals surface area contributed by atoms with Crippen LogP contribution in [0.15, 0.2) is 29.4 Å². The molecule has 2 aromatic heterocycles. The zero-order chi connectivity index (χ0) is 17.5. The molecular weight excluding hydrogens is 375 g/mol. The van der Waals surface area contributed by atoms with Crippen molar-refractivity contribution in [1.82, 2.24) is 14.8 Å². The van der Waals surface area contributed by atoms with Crippen LogP contribution in [0.2, 0.25) is 10.0 Å². The minimum absolute atomic E-state index is 0.0605. The minimum Gasteiger partial charge on any atom is -0.394 e. The fourth-order valence-electron chi connectivity index (χ4n) is 2.38. The normalized spacial score (nSPS) is 12.0. The SMILES string of the molecule is Cc1c(NS(=O)(=O)c2c[nH]c3cc(Cl)c(Cl)cc23)cnn1CCO. The van der Waals surface area contributed by atoms with E-state index >= 15 is 0 Å². The molecule has 2 heterocycles. The fourth-order valence-corrected chi connectivity index (χ4v) is 3.98. The molecule has 0 amide bonds. The molecule has 0 aliphatic heterocycles. The third-order valence-electron chi connectivity index (χ3n) is 3.63. The molecule has 3 rings (SSSR count). The van der Waals surface area contributed by atoms with E-state index in [1.54, 1.807) is 13.0 Å². The maximum absolute atomic E-state index is 12.7. The molecule has 0 radical (unpaired) electrons. The molecule has 0 bridgehead atoms. The number of rotatable bonds is 5. The van der Waals surface area contributed by atoms with E-state index in [1.165, 1.54) is 23.1 Å². The lowest BCUT2D eigenvalue weighted by molar-refractivity contribution is 0.268. The molecule has 0 saturated carbocycles. The Morgan fingerprint density at radius 3 is 2.75 bits per heavy atom. The number of benzene rings is 1. The summed E-state index contributed by atoms with van der Waals surface area (Å²) in [6.07, 6.45) is 2.79. The highest BCUT2D eigenvalue weighted by molar-refractivity contribution is 7.93. The molecule has 0 unspecified atom stereocenters. The third kappa shape index (κ3) is 2.98. The second-order valence-electron chi connectivity index (χ2n) is 5.16. The van der Waals surface area contributed by atoms with Gasteiger partial charge in [-0.25, -0.2) is 8.42 Å². The van der Waals surface area contributed by atoms with E-state index in [4.69, 9.17) is 28.3 Å². The monoisotopic (exact) mass is 388 g/mol. The zero-order valence-electron chi connectivity index (χ0n) is 12.5. The number of aromatic amines is 1. The number of nitrogens with one attached hydrogen (secondary N) is 2. The lowest BCUT2D eigenvalue weighted by Crippen LogP contribution is -2.13. The van der Waals surface area contributed by atoms with Crippen molar-refractivity contribution in [3.8, 4) is 0 Å². The van der Waals surface area contributed by atoms with Crippen molar-refractivity contribution in [3.63, 3.8) is 0 Å². The average Bonchev–Trinajstić information content (AvgIpc) is 3.06. The summed E-state index contributed by atoms with van der Waals surface area (Å²) in [6, 6.07) is 3.08. The first kappa shape index (κ1) is 17.1. The number of aliphatic hydroxyl groups excluding tert-OH is 1. The van der Waals surface area contributed by atoms with E-state index in [1.807, 2.05) is 0 Å². The Morgan fingerprint density at radius 1 is 1.33 bits per heavy atom. The van der Waals surface area contributed by atoms with Crippen molar-refractivity contribution in [2.75, 3.05) is 11.3 Å². The first-order valence-corrected chi connectivity index (χ1v) is 9.19. The van der Waals surface area contributed by atoms with Gasteiger partial charge < -0.3 is 10.1 Å². The lowest BCUT2D eigenvalue weighted by atomic mass is 10.2. The number of fused-ring (bicyclic) bond motifs is 1. The second kappa shape index (κ2) is 6.29. The van der Waals surface area contributed by atoms with E-state index < -0.39 is 10.0 Å². The van der Waals surface area contributed by atoms with E-state index in [9.17, 15) is 8.42 Å². The van der Waals surface area contributed by atoms with Crippen molar-refractivity contribution >= 4 is 49.8 Å². The summed E-state index contributed by atoms with van der Waals surface area (Å²) in [6.45, 7) is 1.91. The standard InChI is InChI=1S/C14H14Cl2N4O3S/c1-8-13(6-18-20(8)2-3-21)19-24(22,23)14-7-17-12-5-11(16)10(15)4-9(12)14/h4-7,17,19,21H,2-3H2,1H3. The molecule has 3 N–H and O–H groups in total. The molecule has 0 aliphatic rings. The number of halogens is 2. The first-order chi connectivity index (χ1) is 11.3. The molecule has 0 saturated heterocycles. The van der Waals surface area contributed by atoms with E-state index in [2.05, 4.69) is 14.8 Å². The Kier molecular flexibility index (Phi) is 4.48. The molecular formula is C14H14Cl2N4O3S. The summed E-state index contributed by atoms with van der Waals surface area (Å²) < 4.78 is 29.4. The van der Waals surface area contributed by atoms with Crippen molar-refractivity contribution in [3.05, 3.63) is 40.3 Å². The van der Waals surface area contributed by atoms with Gasteiger partial charge in [-0.05, 0) is 19.1 Å². The van der Waals surface area contributed by atoms with Crippen LogP contribution in [0.4, 0.5) is 5.69 Å². The highest BCUT2D eigenvalue weighted by atomic mass is 35.5. The van der Waals surface area contributed by atoms with Gasteiger partial charge in [0.25, 0.3) is 10.0 Å². The molecule has 10 heteroatoms. The van der Waals surface area contributed by atoms with Gasteiger partial charge in [0.05, 0.1) is 40.8 Å². The molecule has 0 spiro atoms. The Morgan fingerprint density at radius 2 is 2.04 bits per heavy atom. The molecule has 0 aliphatic carbocycles. The number of aliphatic hydroxyl groups is 1. The quantitative estimate of drug-likeness (QED) is 0.625. The van der Waals surface area contributed by atoms with Crippen LogP contribution >= 0.6 is 23.2 Å². The highest BCUT2D eigenvalue weighted by Gasteiger charge is 2.22. The van der Waals surface area contributed by atoms with Gasteiger partial charge in [0.15, 0.2) is 0 Å². The molecule has 0 atom stereocenters. The van der Waals surface area contributed by atoms with Gasteiger partial charge in [0.1, 0.15) is 4.90 Å². The Labute approximate surface area is 148 Å². The molecule has 128 valence electrons. The van der Waals surface area contributed by atoms with Gasteiger partial charge in [0.2, 0.25) is 0 Å². The number of sulfonamides is 1. The third-order valence-corrected chi connectivity index (χ3v) is 5.76. The Balaban J connectivity index is 2.01. The van der Waals surface area contributed by atoms with Gasteiger partial charge >= 0.3 is 0 Å². The summed E-state index contributed by atoms with van der Waals surface area (Å²) >= 11 is 11.9. The number of H-pyrrole nitrogens is 1. The van der Waals surface area contributed by atoms with Gasteiger partial charge in [0, 0.05) is 17.1 Å². The highest BCUT2D eigenvalue weighted by Crippen LogP contribution is 2.32. The maximum Gasteiger partial charge on any atom is 0.264 e. The van der Waals surface area contributed by atoms with Crippen LogP contribution < -0.4 is 4.72 Å². The Hall–Kier alpha value is -1.74. The number of hydrogen-bond acceptors (Lipinski definition) is 4. The average molecular weight is 389 g/mol. The molecule has 3 aromatic rings. The number of anilines is 1. The second-order valence-corrected chi connectivity index (χ2v) is 7.63. The summed E-state index contributed by atoms with van der Waals surface area (Å²) in [4.78, 5) is 2.93. The predicted molar refractivity (Wildman–Crippen MR) is 93.2 cm³/mol. The molecule has 24 heavy (non-hydrogen) atoms. The summed E-state index contributed by atoms with van der Waals surface area (Å²) in [5.74, 6) is 0. The minimum atomic E-state index is -3.85. The van der Waals surface area contributed by atoms with Gasteiger partial charge in [-0.1, -0.05) is 23.2 Å². The van der Waals surface area contributed by atoms with Crippen LogP contribution in [0.5, 0.6) is 0 Å². The Bertz CT molecular complexity index is 1010. The fraction of sp³-hybridized carbons (Fsp3) is 0.214. The van der Waals surface area contributed by atoms with Crippen molar-refractivity contribution < 1.29 is 13.5 Å². The van der Waals surface area contributed by atoms with Crippen molar-refractivity contribution in [2.45, 2.75) is 18.4 Å². The predicted octanol–water partition coefficient (Wildman–Crippen LogP) is 2.77. The van der Waals surface area contributed by atoms with E-state index in [0.717, 1.165) is 0 Å². The van der Waals surface area contributed by atoms with Crippen LogP contribution in [-0.2, 0) is 16.6 Å². The largest absolute Gasteiger partial charge is 0.394 e. The number of hydrogen-bond donors (Lipinski definition) is 3. The molecule has 7 nitrogen and oxygen atoms in total. The van der Waals surface area contributed by atoms with E-state index in [0.29, 0.717) is 27.3 Å². The van der Waals surface area contributed by atoms with Gasteiger partial charge in [-0.15, -0.1) is 0 Å². The zero-order valence-corrected chi connectivity index (χ0v) is 14.9. The summed E-state index contributed by atoms with van der Waals surface area (Å²) in [5.41, 5.74) is 1.52. The summed E-state index contributed by atoms with van der Waals surface area (Å²) in [7, 11) is -3.85. The van der Waals surface area contributed by atoms with Crippen molar-refractivity contribution in [1.29, 1.82) is 0 Å². The topological polar surface area (TPSA) is 100 Å². The molecule has 1 aromatic carbocycles. The number of aromatic nitrogens is 3. The van der Waals surface area contributed by atoms with Crippen LogP contribution in [0.1, 0.15) is 5.69 Å². The van der Waals surface area contributed by atoms with Crippen LogP contribution in [0.3, 0.4) is 0 Å². The smallest absolute Gasteiger partial charge is 0.264 e. The van der Waals surface area contributed by atoms with E-state index in [-0.39, 0.29) is 23.1 Å². The van der Waals surface area contributed by atoms with Gasteiger partial charge in [-0.3, -0.25) is 9.40 Å². The van der Waals surface area contributed by atoms with Crippen LogP contribution in [0.25, 0.3) is 10.9 Å². The maximum atomic E-state index is 12.7.